The van der Waals surface area contributed by atoms with Crippen molar-refractivity contribution in [3.8, 4) is 0 Å². The number of hydrogen-bond acceptors (Lipinski definition) is 4. The van der Waals surface area contributed by atoms with Gasteiger partial charge in [0.25, 0.3) is 0 Å². The second kappa shape index (κ2) is 6.60. The van der Waals surface area contributed by atoms with Crippen LogP contribution < -0.4 is 5.32 Å². The number of hydrogen-bond donors (Lipinski definition) is 2. The highest BCUT2D eigenvalue weighted by atomic mass is 32.1. The highest BCUT2D eigenvalue weighted by Gasteiger charge is 1.97. The molecule has 0 aliphatic rings. The standard InChI is InChI=1S/C11H20N4S/c1-4-9-13-10(8-11(16)14-9)12-6-5-7-15(2)3/h8H,4-7H2,1-3H3,(H2,12,13,14,16). The number of aryl methyl sites for hydroxylation is 1. The maximum absolute atomic E-state index is 5.09. The van der Waals surface area contributed by atoms with Crippen LogP contribution in [0.5, 0.6) is 0 Å². The number of nitrogens with zero attached hydrogens (tertiary/aromatic N) is 2. The van der Waals surface area contributed by atoms with E-state index in [9.17, 15) is 0 Å². The summed E-state index contributed by atoms with van der Waals surface area (Å²) in [6.07, 6.45) is 1.98. The van der Waals surface area contributed by atoms with Gasteiger partial charge in [-0.05, 0) is 27.1 Å². The summed E-state index contributed by atoms with van der Waals surface area (Å²) in [7, 11) is 4.16. The smallest absolute Gasteiger partial charge is 0.131 e. The summed E-state index contributed by atoms with van der Waals surface area (Å²) in [4.78, 5) is 9.61. The minimum Gasteiger partial charge on any atom is -0.371 e. The fourth-order valence-electron chi connectivity index (χ4n) is 1.39. The third kappa shape index (κ3) is 4.72. The molecule has 0 atom stereocenters. The molecule has 2 N–H and O–H groups in total. The molecule has 1 rings (SSSR count). The highest BCUT2D eigenvalue weighted by Crippen LogP contribution is 2.04. The first-order chi connectivity index (χ1) is 7.61. The van der Waals surface area contributed by atoms with Gasteiger partial charge in [-0.25, -0.2) is 4.98 Å². The maximum atomic E-state index is 5.09. The van der Waals surface area contributed by atoms with Gasteiger partial charge in [-0.3, -0.25) is 0 Å². The van der Waals surface area contributed by atoms with E-state index in [1.807, 2.05) is 6.07 Å². The van der Waals surface area contributed by atoms with E-state index in [1.165, 1.54) is 0 Å². The molecule has 0 fully saturated rings. The minimum absolute atomic E-state index is 0.644. The zero-order valence-corrected chi connectivity index (χ0v) is 11.0. The van der Waals surface area contributed by atoms with Crippen molar-refractivity contribution in [1.29, 1.82) is 0 Å². The van der Waals surface area contributed by atoms with Crippen molar-refractivity contribution in [2.24, 2.45) is 0 Å². The van der Waals surface area contributed by atoms with Gasteiger partial charge in [0.1, 0.15) is 16.3 Å². The number of rotatable bonds is 6. The summed E-state index contributed by atoms with van der Waals surface area (Å²) in [6.45, 7) is 4.08. The fourth-order valence-corrected chi connectivity index (χ4v) is 1.62. The molecule has 0 saturated heterocycles. The van der Waals surface area contributed by atoms with E-state index in [2.05, 4.69) is 41.2 Å². The van der Waals surface area contributed by atoms with E-state index >= 15 is 0 Å². The van der Waals surface area contributed by atoms with Crippen molar-refractivity contribution in [1.82, 2.24) is 14.9 Å². The summed E-state index contributed by atoms with van der Waals surface area (Å²) in [5.41, 5.74) is 0. The van der Waals surface area contributed by atoms with Gasteiger partial charge >= 0.3 is 0 Å². The monoisotopic (exact) mass is 240 g/mol. The van der Waals surface area contributed by atoms with Crippen molar-refractivity contribution < 1.29 is 0 Å². The van der Waals surface area contributed by atoms with E-state index in [0.717, 1.165) is 37.6 Å². The second-order valence-electron chi connectivity index (χ2n) is 4.02. The third-order valence-electron chi connectivity index (χ3n) is 2.22. The Morgan fingerprint density at radius 1 is 1.50 bits per heavy atom. The highest BCUT2D eigenvalue weighted by molar-refractivity contribution is 7.71. The Bertz CT molecular complexity index is 372. The van der Waals surface area contributed by atoms with Crippen molar-refractivity contribution in [3.05, 3.63) is 16.5 Å². The van der Waals surface area contributed by atoms with Crippen molar-refractivity contribution in [3.63, 3.8) is 0 Å². The molecule has 0 bridgehead atoms. The molecule has 4 nitrogen and oxygen atoms in total. The Morgan fingerprint density at radius 3 is 2.88 bits per heavy atom. The van der Waals surface area contributed by atoms with Crippen LogP contribution in [0.2, 0.25) is 0 Å². The van der Waals surface area contributed by atoms with Crippen molar-refractivity contribution in [2.75, 3.05) is 32.5 Å². The molecular formula is C11H20N4S. The van der Waals surface area contributed by atoms with Crippen LogP contribution in [-0.4, -0.2) is 42.1 Å². The largest absolute Gasteiger partial charge is 0.371 e. The first-order valence-electron chi connectivity index (χ1n) is 5.60. The van der Waals surface area contributed by atoms with Gasteiger partial charge < -0.3 is 15.2 Å². The average Bonchev–Trinajstić information content (AvgIpc) is 2.23. The van der Waals surface area contributed by atoms with Crippen molar-refractivity contribution >= 4 is 18.0 Å². The summed E-state index contributed by atoms with van der Waals surface area (Å²) < 4.78 is 0.644. The van der Waals surface area contributed by atoms with Crippen LogP contribution in [-0.2, 0) is 6.42 Å². The maximum Gasteiger partial charge on any atom is 0.131 e. The van der Waals surface area contributed by atoms with Crippen LogP contribution in [0, 0.1) is 4.64 Å². The lowest BCUT2D eigenvalue weighted by atomic mass is 10.4. The minimum atomic E-state index is 0.644. The predicted molar refractivity (Wildman–Crippen MR) is 70.5 cm³/mol. The normalized spacial score (nSPS) is 10.8. The van der Waals surface area contributed by atoms with Gasteiger partial charge in [0.2, 0.25) is 0 Å². The molecule has 1 aromatic rings. The third-order valence-corrected chi connectivity index (χ3v) is 2.43. The summed E-state index contributed by atoms with van der Waals surface area (Å²) >= 11 is 5.09. The second-order valence-corrected chi connectivity index (χ2v) is 4.44. The summed E-state index contributed by atoms with van der Waals surface area (Å²) in [5, 5.41) is 3.33. The zero-order chi connectivity index (χ0) is 12.0. The fraction of sp³-hybridized carbons (Fsp3) is 0.636. The SMILES string of the molecule is CCc1nc(=S)cc(NCCCN(C)C)[nH]1. The molecule has 0 saturated carbocycles. The van der Waals surface area contributed by atoms with E-state index in [-0.39, 0.29) is 0 Å². The number of nitrogens with one attached hydrogen (secondary N) is 2. The van der Waals surface area contributed by atoms with Crippen molar-refractivity contribution in [2.45, 2.75) is 19.8 Å². The molecule has 0 radical (unpaired) electrons. The first-order valence-corrected chi connectivity index (χ1v) is 6.01. The molecule has 1 heterocycles. The Labute approximate surface area is 102 Å². The number of anilines is 1. The van der Waals surface area contributed by atoms with E-state index in [4.69, 9.17) is 12.2 Å². The first kappa shape index (κ1) is 13.1. The van der Waals surface area contributed by atoms with Gasteiger partial charge in [0, 0.05) is 19.0 Å². The van der Waals surface area contributed by atoms with Gasteiger partial charge in [-0.1, -0.05) is 19.1 Å². The van der Waals surface area contributed by atoms with Gasteiger partial charge in [-0.15, -0.1) is 0 Å². The Balaban J connectivity index is 2.47. The Hall–Kier alpha value is -0.940. The lowest BCUT2D eigenvalue weighted by molar-refractivity contribution is 0.405. The van der Waals surface area contributed by atoms with Crippen LogP contribution in [0.15, 0.2) is 6.07 Å². The quantitative estimate of drug-likeness (QED) is 0.590. The van der Waals surface area contributed by atoms with Gasteiger partial charge in [-0.2, -0.15) is 0 Å². The van der Waals surface area contributed by atoms with E-state index < -0.39 is 0 Å². The molecule has 0 spiro atoms. The van der Waals surface area contributed by atoms with E-state index in [0.29, 0.717) is 4.64 Å². The Kier molecular flexibility index (Phi) is 5.42. The van der Waals surface area contributed by atoms with Crippen LogP contribution in [0.25, 0.3) is 0 Å². The molecule has 90 valence electrons. The summed E-state index contributed by atoms with van der Waals surface area (Å²) in [6, 6.07) is 1.87. The molecule has 5 heteroatoms. The zero-order valence-electron chi connectivity index (χ0n) is 10.2. The molecule has 0 aliphatic carbocycles. The number of aromatic nitrogens is 2. The number of H-pyrrole nitrogens is 1. The van der Waals surface area contributed by atoms with Crippen LogP contribution in [0.3, 0.4) is 0 Å². The van der Waals surface area contributed by atoms with Gasteiger partial charge in [0.15, 0.2) is 0 Å². The molecule has 0 amide bonds. The molecule has 0 unspecified atom stereocenters. The van der Waals surface area contributed by atoms with Gasteiger partial charge in [0.05, 0.1) is 0 Å². The molecule has 0 aromatic carbocycles. The lowest BCUT2D eigenvalue weighted by Gasteiger charge is -2.11. The molecule has 0 aliphatic heterocycles. The molecule has 1 aromatic heterocycles. The predicted octanol–water partition coefficient (Wildman–Crippen LogP) is 2.07. The summed E-state index contributed by atoms with van der Waals surface area (Å²) in [5.74, 6) is 1.90. The number of aromatic amines is 1. The van der Waals surface area contributed by atoms with Crippen LogP contribution >= 0.6 is 12.2 Å². The molecule has 16 heavy (non-hydrogen) atoms. The van der Waals surface area contributed by atoms with Crippen LogP contribution in [0.4, 0.5) is 5.82 Å². The average molecular weight is 240 g/mol. The van der Waals surface area contributed by atoms with Crippen LogP contribution in [0.1, 0.15) is 19.2 Å². The topological polar surface area (TPSA) is 44.0 Å². The Morgan fingerprint density at radius 2 is 2.25 bits per heavy atom. The molecular weight excluding hydrogens is 220 g/mol. The van der Waals surface area contributed by atoms with E-state index in [1.54, 1.807) is 0 Å². The lowest BCUT2D eigenvalue weighted by Crippen LogP contribution is -2.16.